The van der Waals surface area contributed by atoms with Crippen LogP contribution in [0.5, 0.6) is 11.5 Å². The molecule has 0 aliphatic carbocycles. The Morgan fingerprint density at radius 1 is 1.15 bits per heavy atom. The molecule has 2 heterocycles. The van der Waals surface area contributed by atoms with Gasteiger partial charge in [-0.1, -0.05) is 38.1 Å². The van der Waals surface area contributed by atoms with Crippen LogP contribution < -0.4 is 19.8 Å². The molecule has 4 rings (SSSR count). The third kappa shape index (κ3) is 4.63. The average Bonchev–Trinajstić information content (AvgIpc) is 3.07. The molecule has 33 heavy (non-hydrogen) atoms. The van der Waals surface area contributed by atoms with Gasteiger partial charge in [0.05, 0.1) is 25.5 Å². The maximum Gasteiger partial charge on any atom is 0.272 e. The number of hydrogen-bond acceptors (Lipinski definition) is 6. The second-order valence-corrected chi connectivity index (χ2v) is 10.3. The van der Waals surface area contributed by atoms with Crippen molar-refractivity contribution in [3.8, 4) is 22.6 Å². The van der Waals surface area contributed by atoms with Gasteiger partial charge in [0.1, 0.15) is 11.5 Å². The van der Waals surface area contributed by atoms with Gasteiger partial charge >= 0.3 is 0 Å². The number of H-pyrrole nitrogens is 1. The lowest BCUT2D eigenvalue weighted by Gasteiger charge is -2.21. The number of nitrogens with one attached hydrogen (secondary N) is 2. The van der Waals surface area contributed by atoms with Crippen molar-refractivity contribution in [1.82, 2.24) is 10.2 Å². The van der Waals surface area contributed by atoms with E-state index < -0.39 is 10.0 Å². The van der Waals surface area contributed by atoms with E-state index in [-0.39, 0.29) is 11.0 Å². The highest BCUT2D eigenvalue weighted by Crippen LogP contribution is 2.50. The number of nitrogens with zero attached hydrogens (tertiary/aromatic N) is 1. The first-order valence-electron chi connectivity index (χ1n) is 10.3. The van der Waals surface area contributed by atoms with Gasteiger partial charge in [-0.2, -0.15) is 5.10 Å². The third-order valence-corrected chi connectivity index (χ3v) is 6.01. The second-order valence-electron chi connectivity index (χ2n) is 8.55. The molecular weight excluding hydrogens is 442 g/mol. The summed E-state index contributed by atoms with van der Waals surface area (Å²) in [5.41, 5.74) is 3.59. The number of benzene rings is 2. The molecule has 0 unspecified atom stereocenters. The van der Waals surface area contributed by atoms with Crippen LogP contribution in [0.25, 0.3) is 23.3 Å². The number of sulfonamides is 1. The van der Waals surface area contributed by atoms with Crippen LogP contribution in [0.2, 0.25) is 0 Å². The van der Waals surface area contributed by atoms with Crippen LogP contribution in [0.3, 0.4) is 0 Å². The van der Waals surface area contributed by atoms with Gasteiger partial charge in [-0.05, 0) is 29.8 Å². The summed E-state index contributed by atoms with van der Waals surface area (Å²) in [6, 6.07) is 10.5. The Balaban J connectivity index is 1.81. The zero-order chi connectivity index (χ0) is 23.8. The second kappa shape index (κ2) is 8.40. The average molecular weight is 468 g/mol. The fourth-order valence-corrected chi connectivity index (χ4v) is 4.48. The first-order valence-corrected chi connectivity index (χ1v) is 12.2. The zero-order valence-electron chi connectivity index (χ0n) is 18.8. The molecule has 8 nitrogen and oxygen atoms in total. The Morgan fingerprint density at radius 3 is 2.52 bits per heavy atom. The summed E-state index contributed by atoms with van der Waals surface area (Å²) in [5.74, 6) is 1.33. The Bertz CT molecular complexity index is 1390. The molecule has 0 saturated carbocycles. The molecule has 172 valence electrons. The van der Waals surface area contributed by atoms with Crippen LogP contribution in [-0.4, -0.2) is 38.6 Å². The van der Waals surface area contributed by atoms with Crippen molar-refractivity contribution in [1.29, 1.82) is 0 Å². The number of rotatable bonds is 6. The third-order valence-electron chi connectivity index (χ3n) is 5.40. The number of aromatic nitrogens is 2. The van der Waals surface area contributed by atoms with Crippen LogP contribution in [0, 0.1) is 0 Å². The number of ether oxygens (including phenoxy) is 2. The molecule has 1 aromatic heterocycles. The summed E-state index contributed by atoms with van der Waals surface area (Å²) in [6.45, 7) is 4.61. The normalized spacial score (nSPS) is 14.7. The van der Waals surface area contributed by atoms with E-state index in [9.17, 15) is 13.2 Å². The lowest BCUT2D eigenvalue weighted by atomic mass is 9.83. The van der Waals surface area contributed by atoms with E-state index in [2.05, 4.69) is 28.8 Å². The van der Waals surface area contributed by atoms with Gasteiger partial charge in [0.2, 0.25) is 10.0 Å². The van der Waals surface area contributed by atoms with E-state index in [0.717, 1.165) is 22.9 Å². The van der Waals surface area contributed by atoms with Gasteiger partial charge in [-0.25, -0.2) is 13.5 Å². The highest BCUT2D eigenvalue weighted by atomic mass is 32.2. The van der Waals surface area contributed by atoms with Gasteiger partial charge in [-0.15, -0.1) is 0 Å². The summed E-state index contributed by atoms with van der Waals surface area (Å²) in [6.07, 6.45) is 6.45. The smallest absolute Gasteiger partial charge is 0.272 e. The minimum absolute atomic E-state index is 0.304. The van der Waals surface area contributed by atoms with Gasteiger partial charge in [0.25, 0.3) is 5.56 Å². The number of methoxy groups -OCH3 is 1. The summed E-state index contributed by atoms with van der Waals surface area (Å²) in [5, 5.41) is 6.27. The maximum atomic E-state index is 12.5. The van der Waals surface area contributed by atoms with Crippen molar-refractivity contribution in [3.63, 3.8) is 0 Å². The van der Waals surface area contributed by atoms with Gasteiger partial charge in [0.15, 0.2) is 0 Å². The molecule has 9 heteroatoms. The van der Waals surface area contributed by atoms with Crippen molar-refractivity contribution in [3.05, 3.63) is 69.6 Å². The Hall–Kier alpha value is -3.59. The summed E-state index contributed by atoms with van der Waals surface area (Å²) < 4.78 is 37.1. The van der Waals surface area contributed by atoms with Crippen LogP contribution in [0.1, 0.15) is 30.5 Å². The number of fused-ring (bicyclic) bond motifs is 1. The minimum atomic E-state index is -3.33. The molecule has 1 aliphatic rings. The van der Waals surface area contributed by atoms with E-state index in [1.54, 1.807) is 25.3 Å². The summed E-state index contributed by atoms with van der Waals surface area (Å²) in [7, 11) is -1.72. The highest BCUT2D eigenvalue weighted by molar-refractivity contribution is 7.92. The largest absolute Gasteiger partial charge is 0.496 e. The fraction of sp³-hybridized carbons (Fsp3) is 0.250. The molecule has 0 radical (unpaired) electrons. The topological polar surface area (TPSA) is 110 Å². The quantitative estimate of drug-likeness (QED) is 0.536. The van der Waals surface area contributed by atoms with Crippen molar-refractivity contribution in [2.45, 2.75) is 19.3 Å². The molecular formula is C24H25N3O5S. The van der Waals surface area contributed by atoms with E-state index in [1.165, 1.54) is 6.20 Å². The van der Waals surface area contributed by atoms with Crippen LogP contribution in [-0.2, 0) is 15.4 Å². The predicted molar refractivity (Wildman–Crippen MR) is 129 cm³/mol. The molecule has 0 atom stereocenters. The molecule has 0 fully saturated rings. The van der Waals surface area contributed by atoms with Crippen molar-refractivity contribution in [2.75, 3.05) is 24.7 Å². The molecule has 0 saturated heterocycles. The summed E-state index contributed by atoms with van der Waals surface area (Å²) >= 11 is 0. The Labute approximate surface area is 192 Å². The molecule has 0 bridgehead atoms. The number of anilines is 1. The van der Waals surface area contributed by atoms with Gasteiger partial charge < -0.3 is 9.47 Å². The first kappa shape index (κ1) is 22.6. The SMILES string of the molecule is COc1c(C=Cc2ccc(NS(C)(=O)=O)cc2)cc(-c2ccn[nH]c2=O)c2c1C(C)(C)CO2. The highest BCUT2D eigenvalue weighted by Gasteiger charge is 2.38. The minimum Gasteiger partial charge on any atom is -0.496 e. The first-order chi connectivity index (χ1) is 15.6. The standard InChI is InChI=1S/C24H25N3O5S/c1-24(2)14-32-22-19(18-11-12-25-26-23(18)28)13-16(21(31-3)20(22)24)8-5-15-6-9-17(10-7-15)27-33(4,29)30/h5-13,27H,14H2,1-4H3,(H,26,28). The molecule has 2 N–H and O–H groups in total. The van der Waals surface area contributed by atoms with E-state index in [0.29, 0.717) is 34.9 Å². The molecule has 0 amide bonds. The van der Waals surface area contributed by atoms with Crippen LogP contribution in [0.15, 0.2) is 47.4 Å². The Morgan fingerprint density at radius 2 is 1.88 bits per heavy atom. The van der Waals surface area contributed by atoms with E-state index in [4.69, 9.17) is 9.47 Å². The lowest BCUT2D eigenvalue weighted by Crippen LogP contribution is -2.19. The van der Waals surface area contributed by atoms with Crippen molar-refractivity contribution < 1.29 is 17.9 Å². The van der Waals surface area contributed by atoms with E-state index >= 15 is 0 Å². The summed E-state index contributed by atoms with van der Waals surface area (Å²) in [4.78, 5) is 12.5. The molecule has 0 spiro atoms. The van der Waals surface area contributed by atoms with Gasteiger partial charge in [-0.3, -0.25) is 9.52 Å². The molecule has 2 aromatic carbocycles. The molecule has 1 aliphatic heterocycles. The van der Waals surface area contributed by atoms with Gasteiger partial charge in [0, 0.05) is 34.0 Å². The molecule has 3 aromatic rings. The predicted octanol–water partition coefficient (Wildman–Crippen LogP) is 3.66. The lowest BCUT2D eigenvalue weighted by molar-refractivity contribution is 0.290. The van der Waals surface area contributed by atoms with E-state index in [1.807, 2.05) is 30.4 Å². The monoisotopic (exact) mass is 467 g/mol. The maximum absolute atomic E-state index is 12.5. The van der Waals surface area contributed by atoms with Crippen molar-refractivity contribution in [2.24, 2.45) is 0 Å². The number of hydrogen-bond donors (Lipinski definition) is 2. The zero-order valence-corrected chi connectivity index (χ0v) is 19.6. The fourth-order valence-electron chi connectivity index (χ4n) is 3.92. The number of aromatic amines is 1. The van der Waals surface area contributed by atoms with Crippen LogP contribution in [0.4, 0.5) is 5.69 Å². The Kier molecular flexibility index (Phi) is 5.75. The van der Waals surface area contributed by atoms with Crippen molar-refractivity contribution >= 4 is 27.9 Å². The van der Waals surface area contributed by atoms with Crippen LogP contribution >= 0.6 is 0 Å².